The summed E-state index contributed by atoms with van der Waals surface area (Å²) in [5, 5.41) is 35.0. The maximum absolute atomic E-state index is 12.0. The molecule has 5 saturated carbocycles. The molecule has 3 nitrogen and oxygen atoms in total. The summed E-state index contributed by atoms with van der Waals surface area (Å²) >= 11 is 0. The first-order chi connectivity index (χ1) is 15.0. The van der Waals surface area contributed by atoms with Crippen LogP contribution in [-0.4, -0.2) is 33.1 Å². The van der Waals surface area contributed by atoms with Crippen LogP contribution in [0.25, 0.3) is 0 Å². The van der Waals surface area contributed by atoms with Crippen molar-refractivity contribution in [3.8, 4) is 0 Å². The molecule has 0 saturated heterocycles. The smallest absolute Gasteiger partial charge is 0.0622 e. The SMILES string of the molecule is CC(C)(O)C1CCC2(C)C1CC(O)C1(C)C2CCC2C3(C)CCCC(C)(C)C3CC(O)C21C. The van der Waals surface area contributed by atoms with Gasteiger partial charge in [0.15, 0.2) is 0 Å². The van der Waals surface area contributed by atoms with Crippen molar-refractivity contribution in [2.75, 3.05) is 0 Å². The van der Waals surface area contributed by atoms with Crippen LogP contribution in [0.3, 0.4) is 0 Å². The number of aliphatic hydroxyl groups is 3. The minimum atomic E-state index is -0.699. The molecule has 190 valence electrons. The number of aliphatic hydroxyl groups excluding tert-OH is 2. The Balaban J connectivity index is 1.59. The molecule has 0 aromatic rings. The monoisotopic (exact) mass is 460 g/mol. The van der Waals surface area contributed by atoms with Crippen LogP contribution in [0.15, 0.2) is 0 Å². The number of hydrogen-bond acceptors (Lipinski definition) is 3. The van der Waals surface area contributed by atoms with Gasteiger partial charge in [0.1, 0.15) is 0 Å². The van der Waals surface area contributed by atoms with Gasteiger partial charge in [0, 0.05) is 10.8 Å². The van der Waals surface area contributed by atoms with Gasteiger partial charge in [-0.05, 0) is 111 Å². The Labute approximate surface area is 203 Å². The molecule has 0 amide bonds. The van der Waals surface area contributed by atoms with Crippen molar-refractivity contribution >= 4 is 0 Å². The van der Waals surface area contributed by atoms with Crippen molar-refractivity contribution in [3.63, 3.8) is 0 Å². The molecular weight excluding hydrogens is 408 g/mol. The van der Waals surface area contributed by atoms with Crippen LogP contribution in [0.5, 0.6) is 0 Å². The van der Waals surface area contributed by atoms with Gasteiger partial charge in [0.05, 0.1) is 17.8 Å². The van der Waals surface area contributed by atoms with E-state index in [1.54, 1.807) is 0 Å². The highest BCUT2D eigenvalue weighted by molar-refractivity contribution is 5.23. The van der Waals surface area contributed by atoms with E-state index >= 15 is 0 Å². The van der Waals surface area contributed by atoms with Crippen molar-refractivity contribution in [3.05, 3.63) is 0 Å². The lowest BCUT2D eigenvalue weighted by atomic mass is 9.31. The van der Waals surface area contributed by atoms with Crippen molar-refractivity contribution in [2.45, 2.75) is 131 Å². The fourth-order valence-electron chi connectivity index (χ4n) is 12.0. The third-order valence-electron chi connectivity index (χ3n) is 13.8. The standard InChI is InChI=1S/C30H52O3/c1-25(2)13-9-14-28(6)21-11-10-20-27(5)15-12-18(26(3,4)33)19(27)16-23(31)29(20,7)30(21,8)24(32)17-22(25)28/h18-24,31-33H,9-17H2,1-8H3. The minimum Gasteiger partial charge on any atom is -0.393 e. The molecule has 0 aromatic heterocycles. The summed E-state index contributed by atoms with van der Waals surface area (Å²) in [6, 6.07) is 0. The molecule has 33 heavy (non-hydrogen) atoms. The first-order valence-electron chi connectivity index (χ1n) is 14.1. The molecule has 0 aliphatic heterocycles. The van der Waals surface area contributed by atoms with Gasteiger partial charge in [0.25, 0.3) is 0 Å². The summed E-state index contributed by atoms with van der Waals surface area (Å²) in [7, 11) is 0. The largest absolute Gasteiger partial charge is 0.393 e. The van der Waals surface area contributed by atoms with Gasteiger partial charge >= 0.3 is 0 Å². The van der Waals surface area contributed by atoms with Gasteiger partial charge in [-0.25, -0.2) is 0 Å². The van der Waals surface area contributed by atoms with Crippen molar-refractivity contribution < 1.29 is 15.3 Å². The quantitative estimate of drug-likeness (QED) is 0.437. The van der Waals surface area contributed by atoms with E-state index in [1.165, 1.54) is 25.7 Å². The molecule has 0 aromatic carbocycles. The van der Waals surface area contributed by atoms with Crippen LogP contribution in [0.4, 0.5) is 0 Å². The van der Waals surface area contributed by atoms with E-state index < -0.39 is 11.7 Å². The predicted molar refractivity (Wildman–Crippen MR) is 134 cm³/mol. The van der Waals surface area contributed by atoms with Crippen LogP contribution in [0, 0.1) is 56.7 Å². The van der Waals surface area contributed by atoms with Gasteiger partial charge in [-0.1, -0.05) is 48.0 Å². The first kappa shape index (κ1) is 24.6. The second-order valence-corrected chi connectivity index (χ2v) is 15.6. The fraction of sp³-hybridized carbons (Fsp3) is 1.00. The Morgan fingerprint density at radius 3 is 1.79 bits per heavy atom. The molecule has 5 fully saturated rings. The normalized spacial score (nSPS) is 58.1. The Hall–Kier alpha value is -0.120. The van der Waals surface area contributed by atoms with E-state index in [9.17, 15) is 15.3 Å². The second kappa shape index (κ2) is 7.00. The topological polar surface area (TPSA) is 60.7 Å². The molecule has 11 atom stereocenters. The predicted octanol–water partition coefficient (Wildman–Crippen LogP) is 6.19. The third kappa shape index (κ3) is 2.85. The average molecular weight is 461 g/mol. The van der Waals surface area contributed by atoms with E-state index in [0.29, 0.717) is 23.7 Å². The average Bonchev–Trinajstić information content (AvgIpc) is 3.03. The lowest BCUT2D eigenvalue weighted by Gasteiger charge is -2.74. The zero-order valence-corrected chi connectivity index (χ0v) is 22.7. The van der Waals surface area contributed by atoms with E-state index in [4.69, 9.17) is 0 Å². The highest BCUT2D eigenvalue weighted by atomic mass is 16.3. The molecule has 0 bridgehead atoms. The molecule has 0 heterocycles. The van der Waals surface area contributed by atoms with E-state index in [2.05, 4.69) is 41.5 Å². The Bertz CT molecular complexity index is 799. The fourth-order valence-corrected chi connectivity index (χ4v) is 12.0. The van der Waals surface area contributed by atoms with E-state index in [-0.39, 0.29) is 39.1 Å². The lowest BCUT2D eigenvalue weighted by molar-refractivity contribution is -0.305. The van der Waals surface area contributed by atoms with Gasteiger partial charge in [0.2, 0.25) is 0 Å². The first-order valence-corrected chi connectivity index (χ1v) is 14.1. The molecule has 5 aliphatic rings. The summed E-state index contributed by atoms with van der Waals surface area (Å²) in [5.41, 5.74) is -0.599. The van der Waals surface area contributed by atoms with Gasteiger partial charge < -0.3 is 15.3 Å². The Kier molecular flexibility index (Phi) is 5.21. The van der Waals surface area contributed by atoms with E-state index in [0.717, 1.165) is 32.1 Å². The second-order valence-electron chi connectivity index (χ2n) is 15.6. The molecule has 11 unspecified atom stereocenters. The number of hydrogen-bond donors (Lipinski definition) is 3. The van der Waals surface area contributed by atoms with Gasteiger partial charge in [-0.2, -0.15) is 0 Å². The van der Waals surface area contributed by atoms with Crippen LogP contribution >= 0.6 is 0 Å². The summed E-state index contributed by atoms with van der Waals surface area (Å²) in [6.07, 6.45) is 9.26. The molecule has 3 heteroatoms. The Morgan fingerprint density at radius 2 is 1.21 bits per heavy atom. The number of fused-ring (bicyclic) bond motifs is 7. The summed E-state index contributed by atoms with van der Waals surface area (Å²) in [6.45, 7) is 18.6. The summed E-state index contributed by atoms with van der Waals surface area (Å²) in [5.74, 6) is 2.04. The molecule has 0 radical (unpaired) electrons. The summed E-state index contributed by atoms with van der Waals surface area (Å²) < 4.78 is 0. The molecule has 0 spiro atoms. The molecule has 5 rings (SSSR count). The molecule has 5 aliphatic carbocycles. The highest BCUT2D eigenvalue weighted by Gasteiger charge is 2.75. The zero-order valence-electron chi connectivity index (χ0n) is 22.7. The maximum atomic E-state index is 12.0. The van der Waals surface area contributed by atoms with Crippen LogP contribution < -0.4 is 0 Å². The maximum Gasteiger partial charge on any atom is 0.0622 e. The molecular formula is C30H52O3. The lowest BCUT2D eigenvalue weighted by Crippen LogP contribution is -2.73. The number of rotatable bonds is 1. The van der Waals surface area contributed by atoms with Gasteiger partial charge in [-0.15, -0.1) is 0 Å². The Morgan fingerprint density at radius 1 is 0.667 bits per heavy atom. The van der Waals surface area contributed by atoms with Crippen molar-refractivity contribution in [1.82, 2.24) is 0 Å². The van der Waals surface area contributed by atoms with Crippen LogP contribution in [-0.2, 0) is 0 Å². The molecule has 3 N–H and O–H groups in total. The van der Waals surface area contributed by atoms with Crippen LogP contribution in [0.2, 0.25) is 0 Å². The van der Waals surface area contributed by atoms with Crippen molar-refractivity contribution in [1.29, 1.82) is 0 Å². The third-order valence-corrected chi connectivity index (χ3v) is 13.8. The van der Waals surface area contributed by atoms with Gasteiger partial charge in [-0.3, -0.25) is 0 Å². The summed E-state index contributed by atoms with van der Waals surface area (Å²) in [4.78, 5) is 0. The van der Waals surface area contributed by atoms with Crippen LogP contribution in [0.1, 0.15) is 113 Å². The zero-order chi connectivity index (χ0) is 24.4. The van der Waals surface area contributed by atoms with E-state index in [1.807, 2.05) is 13.8 Å². The highest BCUT2D eigenvalue weighted by Crippen LogP contribution is 2.78. The van der Waals surface area contributed by atoms with Crippen molar-refractivity contribution in [2.24, 2.45) is 56.7 Å². The minimum absolute atomic E-state index is 0.135.